The summed E-state index contributed by atoms with van der Waals surface area (Å²) in [5.74, 6) is 0.252. The Morgan fingerprint density at radius 2 is 2.00 bits per heavy atom. The van der Waals surface area contributed by atoms with Crippen LogP contribution in [0.25, 0.3) is 0 Å². The van der Waals surface area contributed by atoms with Crippen molar-refractivity contribution in [2.24, 2.45) is 0 Å². The summed E-state index contributed by atoms with van der Waals surface area (Å²) >= 11 is 5.90. The van der Waals surface area contributed by atoms with Crippen molar-refractivity contribution in [1.29, 1.82) is 0 Å². The molecule has 0 aliphatic heterocycles. The molecule has 0 saturated heterocycles. The van der Waals surface area contributed by atoms with E-state index in [0.717, 1.165) is 0 Å². The number of nitrogens with zero attached hydrogens (tertiary/aromatic N) is 1. The number of ether oxygens (including phenoxy) is 1. The summed E-state index contributed by atoms with van der Waals surface area (Å²) in [6.45, 7) is 0. The van der Waals surface area contributed by atoms with E-state index in [1.54, 1.807) is 43.4 Å². The fraction of sp³-hybridized carbons (Fsp3) is 0.133. The Labute approximate surface area is 122 Å². The summed E-state index contributed by atoms with van der Waals surface area (Å²) in [6.07, 6.45) is 0. The number of benzene rings is 2. The maximum Gasteiger partial charge on any atom is 0.261 e. The van der Waals surface area contributed by atoms with E-state index in [2.05, 4.69) is 0 Å². The minimum absolute atomic E-state index is 0.191. The number of nitrogens with two attached hydrogens (primary N) is 1. The number of nitrogen functional groups attached to an aromatic ring is 1. The monoisotopic (exact) mass is 290 g/mol. The van der Waals surface area contributed by atoms with E-state index in [-0.39, 0.29) is 5.91 Å². The zero-order valence-corrected chi connectivity index (χ0v) is 12.0. The van der Waals surface area contributed by atoms with Crippen LogP contribution in [0.5, 0.6) is 5.75 Å². The van der Waals surface area contributed by atoms with E-state index in [1.165, 1.54) is 12.0 Å². The summed E-state index contributed by atoms with van der Waals surface area (Å²) in [4.78, 5) is 14.0. The van der Waals surface area contributed by atoms with E-state index in [4.69, 9.17) is 22.1 Å². The van der Waals surface area contributed by atoms with Crippen molar-refractivity contribution >= 4 is 28.9 Å². The molecule has 0 radical (unpaired) electrons. The Morgan fingerprint density at radius 1 is 1.25 bits per heavy atom. The molecule has 0 bridgehead atoms. The summed E-state index contributed by atoms with van der Waals surface area (Å²) < 4.78 is 5.20. The lowest BCUT2D eigenvalue weighted by molar-refractivity contribution is 0.0990. The van der Waals surface area contributed by atoms with Crippen molar-refractivity contribution < 1.29 is 9.53 Å². The van der Waals surface area contributed by atoms with Crippen LogP contribution >= 0.6 is 11.6 Å². The van der Waals surface area contributed by atoms with Crippen molar-refractivity contribution in [3.63, 3.8) is 0 Å². The molecule has 0 spiro atoms. The average Bonchev–Trinajstić information content (AvgIpc) is 2.45. The summed E-state index contributed by atoms with van der Waals surface area (Å²) in [5.41, 5.74) is 7.49. The van der Waals surface area contributed by atoms with Crippen LogP contribution in [0.1, 0.15) is 10.4 Å². The van der Waals surface area contributed by atoms with Crippen LogP contribution in [0, 0.1) is 0 Å². The minimum atomic E-state index is -0.191. The normalized spacial score (nSPS) is 10.2. The summed E-state index contributed by atoms with van der Waals surface area (Å²) in [5, 5.41) is 0.519. The topological polar surface area (TPSA) is 55.6 Å². The van der Waals surface area contributed by atoms with Gasteiger partial charge in [0.2, 0.25) is 0 Å². The number of anilines is 2. The van der Waals surface area contributed by atoms with E-state index in [9.17, 15) is 4.79 Å². The zero-order chi connectivity index (χ0) is 14.7. The molecule has 1 amide bonds. The highest BCUT2D eigenvalue weighted by molar-refractivity contribution is 6.31. The molecule has 20 heavy (non-hydrogen) atoms. The lowest BCUT2D eigenvalue weighted by Gasteiger charge is -2.19. The molecule has 2 aromatic carbocycles. The van der Waals surface area contributed by atoms with E-state index >= 15 is 0 Å². The Bertz CT molecular complexity index is 644. The molecular weight excluding hydrogens is 276 g/mol. The first-order chi connectivity index (χ1) is 9.52. The van der Waals surface area contributed by atoms with Crippen molar-refractivity contribution in [1.82, 2.24) is 0 Å². The third-order valence-electron chi connectivity index (χ3n) is 2.96. The molecule has 4 nitrogen and oxygen atoms in total. The second-order valence-corrected chi connectivity index (χ2v) is 4.74. The third kappa shape index (κ3) is 2.86. The summed E-state index contributed by atoms with van der Waals surface area (Å²) in [6, 6.07) is 12.0. The highest BCUT2D eigenvalue weighted by Gasteiger charge is 2.18. The molecule has 0 unspecified atom stereocenters. The van der Waals surface area contributed by atoms with Crippen LogP contribution in [-0.2, 0) is 0 Å². The molecule has 0 aliphatic carbocycles. The molecule has 104 valence electrons. The second-order valence-electron chi connectivity index (χ2n) is 4.30. The second kappa shape index (κ2) is 5.84. The van der Waals surface area contributed by atoms with Gasteiger partial charge >= 0.3 is 0 Å². The largest absolute Gasteiger partial charge is 0.496 e. The highest BCUT2D eigenvalue weighted by Crippen LogP contribution is 2.26. The first-order valence-corrected chi connectivity index (χ1v) is 6.38. The standard InChI is InChI=1S/C15H15ClN2O2/c1-18(12-5-3-4-11(17)9-12)15(19)13-7-6-10(16)8-14(13)20-2/h3-9H,17H2,1-2H3. The van der Waals surface area contributed by atoms with Crippen LogP contribution in [0.3, 0.4) is 0 Å². The molecule has 0 aliphatic rings. The van der Waals surface area contributed by atoms with Gasteiger partial charge in [0.1, 0.15) is 5.75 Å². The summed E-state index contributed by atoms with van der Waals surface area (Å²) in [7, 11) is 3.19. The quantitative estimate of drug-likeness (QED) is 0.883. The van der Waals surface area contributed by atoms with Gasteiger partial charge in [-0.25, -0.2) is 0 Å². The van der Waals surface area contributed by atoms with Gasteiger partial charge in [0.25, 0.3) is 5.91 Å². The van der Waals surface area contributed by atoms with Gasteiger partial charge in [0.15, 0.2) is 0 Å². The number of halogens is 1. The van der Waals surface area contributed by atoms with Crippen molar-refractivity contribution in [2.75, 3.05) is 24.8 Å². The fourth-order valence-corrected chi connectivity index (χ4v) is 2.04. The number of methoxy groups -OCH3 is 1. The van der Waals surface area contributed by atoms with Crippen molar-refractivity contribution in [3.05, 3.63) is 53.1 Å². The maximum absolute atomic E-state index is 12.5. The molecule has 0 heterocycles. The van der Waals surface area contributed by atoms with Gasteiger partial charge in [0, 0.05) is 23.4 Å². The predicted molar refractivity (Wildman–Crippen MR) is 81.6 cm³/mol. The smallest absolute Gasteiger partial charge is 0.261 e. The molecule has 0 fully saturated rings. The number of hydrogen-bond donors (Lipinski definition) is 1. The lowest BCUT2D eigenvalue weighted by Crippen LogP contribution is -2.26. The average molecular weight is 291 g/mol. The van der Waals surface area contributed by atoms with Crippen LogP contribution < -0.4 is 15.4 Å². The minimum Gasteiger partial charge on any atom is -0.496 e. The van der Waals surface area contributed by atoms with E-state index in [0.29, 0.717) is 27.7 Å². The molecular formula is C15H15ClN2O2. The van der Waals surface area contributed by atoms with Crippen LogP contribution in [0.4, 0.5) is 11.4 Å². The van der Waals surface area contributed by atoms with Crippen LogP contribution in [0.15, 0.2) is 42.5 Å². The zero-order valence-electron chi connectivity index (χ0n) is 11.3. The van der Waals surface area contributed by atoms with Gasteiger partial charge in [-0.3, -0.25) is 4.79 Å². The predicted octanol–water partition coefficient (Wildman–Crippen LogP) is 3.21. The number of carbonyl (C=O) groups excluding carboxylic acids is 1. The van der Waals surface area contributed by atoms with Crippen LogP contribution in [-0.4, -0.2) is 20.1 Å². The molecule has 2 aromatic rings. The highest BCUT2D eigenvalue weighted by atomic mass is 35.5. The number of amides is 1. The number of carbonyl (C=O) groups is 1. The molecule has 0 saturated carbocycles. The van der Waals surface area contributed by atoms with Gasteiger partial charge < -0.3 is 15.4 Å². The third-order valence-corrected chi connectivity index (χ3v) is 3.19. The first kappa shape index (κ1) is 14.2. The molecule has 0 atom stereocenters. The Kier molecular flexibility index (Phi) is 4.15. The Morgan fingerprint density at radius 3 is 2.65 bits per heavy atom. The SMILES string of the molecule is COc1cc(Cl)ccc1C(=O)N(C)c1cccc(N)c1. The molecule has 2 rings (SSSR count). The van der Waals surface area contributed by atoms with Gasteiger partial charge in [-0.15, -0.1) is 0 Å². The Hall–Kier alpha value is -2.20. The molecule has 2 N–H and O–H groups in total. The first-order valence-electron chi connectivity index (χ1n) is 6.00. The van der Waals surface area contributed by atoms with Crippen molar-refractivity contribution in [2.45, 2.75) is 0 Å². The van der Waals surface area contributed by atoms with E-state index < -0.39 is 0 Å². The van der Waals surface area contributed by atoms with Gasteiger partial charge in [-0.05, 0) is 36.4 Å². The fourth-order valence-electron chi connectivity index (χ4n) is 1.87. The van der Waals surface area contributed by atoms with Gasteiger partial charge in [-0.2, -0.15) is 0 Å². The van der Waals surface area contributed by atoms with Crippen LogP contribution in [0.2, 0.25) is 5.02 Å². The maximum atomic E-state index is 12.5. The number of rotatable bonds is 3. The molecule has 0 aromatic heterocycles. The lowest BCUT2D eigenvalue weighted by atomic mass is 10.1. The van der Waals surface area contributed by atoms with Gasteiger partial charge in [0.05, 0.1) is 12.7 Å². The van der Waals surface area contributed by atoms with Gasteiger partial charge in [-0.1, -0.05) is 17.7 Å². The Balaban J connectivity index is 2.36. The van der Waals surface area contributed by atoms with Crippen molar-refractivity contribution in [3.8, 4) is 5.75 Å². The molecule has 5 heteroatoms. The van der Waals surface area contributed by atoms with E-state index in [1.807, 2.05) is 6.07 Å². The number of hydrogen-bond acceptors (Lipinski definition) is 3.